The van der Waals surface area contributed by atoms with Gasteiger partial charge >= 0.3 is 17.9 Å². The van der Waals surface area contributed by atoms with E-state index < -0.39 is 6.10 Å². The van der Waals surface area contributed by atoms with Gasteiger partial charge in [-0.2, -0.15) is 0 Å². The van der Waals surface area contributed by atoms with E-state index >= 15 is 0 Å². The lowest BCUT2D eigenvalue weighted by Gasteiger charge is -2.18. The van der Waals surface area contributed by atoms with Crippen LogP contribution >= 0.6 is 0 Å². The zero-order valence-corrected chi connectivity index (χ0v) is 51.6. The summed E-state index contributed by atoms with van der Waals surface area (Å²) in [5.41, 5.74) is 0. The molecule has 0 amide bonds. The molecule has 0 aromatic heterocycles. The average Bonchev–Trinajstić information content (AvgIpc) is 3.45. The van der Waals surface area contributed by atoms with Gasteiger partial charge in [0.2, 0.25) is 0 Å². The van der Waals surface area contributed by atoms with E-state index in [2.05, 4.69) is 136 Å². The lowest BCUT2D eigenvalue weighted by molar-refractivity contribution is -0.166. The number of hydrogen-bond acceptors (Lipinski definition) is 6. The fourth-order valence-corrected chi connectivity index (χ4v) is 9.07. The minimum absolute atomic E-state index is 0.102. The normalized spacial score (nSPS) is 12.9. The van der Waals surface area contributed by atoms with Crippen molar-refractivity contribution in [3.63, 3.8) is 0 Å². The Hall–Kier alpha value is -4.19. The summed E-state index contributed by atoms with van der Waals surface area (Å²) >= 11 is 0. The molecular formula is C73H122O6. The topological polar surface area (TPSA) is 78.9 Å². The van der Waals surface area contributed by atoms with Crippen molar-refractivity contribution in [2.24, 2.45) is 0 Å². The minimum Gasteiger partial charge on any atom is -0.462 e. The molecular weight excluding hydrogens is 973 g/mol. The molecule has 79 heavy (non-hydrogen) atoms. The molecule has 0 saturated heterocycles. The maximum atomic E-state index is 12.9. The Morgan fingerprint density at radius 2 is 0.519 bits per heavy atom. The Morgan fingerprint density at radius 1 is 0.266 bits per heavy atom. The zero-order chi connectivity index (χ0) is 57.1. The third-order valence-electron chi connectivity index (χ3n) is 13.9. The van der Waals surface area contributed by atoms with Gasteiger partial charge in [-0.05, 0) is 116 Å². The third-order valence-corrected chi connectivity index (χ3v) is 13.9. The monoisotopic (exact) mass is 1090 g/mol. The number of hydrogen-bond donors (Lipinski definition) is 0. The first-order valence-electron chi connectivity index (χ1n) is 33.0. The molecule has 0 N–H and O–H groups in total. The van der Waals surface area contributed by atoms with Gasteiger partial charge in [-0.1, -0.05) is 290 Å². The Labute approximate surface area is 488 Å². The van der Waals surface area contributed by atoms with Crippen molar-refractivity contribution in [3.8, 4) is 0 Å². The van der Waals surface area contributed by atoms with Crippen LogP contribution in [0.25, 0.3) is 0 Å². The van der Waals surface area contributed by atoms with Crippen LogP contribution in [0.2, 0.25) is 0 Å². The average molecular weight is 1100 g/mol. The van der Waals surface area contributed by atoms with Gasteiger partial charge in [-0.25, -0.2) is 0 Å². The number of allylic oxidation sites excluding steroid dienone is 20. The molecule has 6 heteroatoms. The fraction of sp³-hybridized carbons (Fsp3) is 0.685. The van der Waals surface area contributed by atoms with Gasteiger partial charge in [0.1, 0.15) is 13.2 Å². The highest BCUT2D eigenvalue weighted by Crippen LogP contribution is 2.16. The smallest absolute Gasteiger partial charge is 0.306 e. The molecule has 0 bridgehead atoms. The SMILES string of the molecule is CC/C=C\C/C=C\C/C=C\C/C=C\C/C=C\CCCCCCCCCCCCCCCCCC(=O)OCC(COC(=O)CC/C=C\C/C=C\C/C=C\C/C=C\CC)OC(=O)CCCCCCCCC/C=C\CCCCCCCC. The van der Waals surface area contributed by atoms with E-state index in [1.165, 1.54) is 161 Å². The van der Waals surface area contributed by atoms with Crippen molar-refractivity contribution in [3.05, 3.63) is 122 Å². The second-order valence-corrected chi connectivity index (χ2v) is 21.6. The first-order valence-corrected chi connectivity index (χ1v) is 33.0. The molecule has 1 atom stereocenters. The summed E-state index contributed by atoms with van der Waals surface area (Å²) in [6.45, 7) is 6.36. The number of esters is 3. The lowest BCUT2D eigenvalue weighted by atomic mass is 10.0. The van der Waals surface area contributed by atoms with Crippen molar-refractivity contribution in [1.29, 1.82) is 0 Å². The van der Waals surface area contributed by atoms with Gasteiger partial charge in [0, 0.05) is 19.3 Å². The quantitative estimate of drug-likeness (QED) is 0.0261. The van der Waals surface area contributed by atoms with Crippen molar-refractivity contribution >= 4 is 17.9 Å². The summed E-state index contributed by atoms with van der Waals surface area (Å²) in [5.74, 6) is -0.985. The Kier molecular flexibility index (Phi) is 62.8. The van der Waals surface area contributed by atoms with Crippen LogP contribution in [-0.4, -0.2) is 37.2 Å². The van der Waals surface area contributed by atoms with E-state index in [1.807, 2.05) is 6.08 Å². The molecule has 1 unspecified atom stereocenters. The van der Waals surface area contributed by atoms with Crippen LogP contribution in [0.1, 0.15) is 303 Å². The van der Waals surface area contributed by atoms with E-state index in [1.54, 1.807) is 0 Å². The highest BCUT2D eigenvalue weighted by molar-refractivity contribution is 5.71. The Bertz CT molecular complexity index is 1640. The van der Waals surface area contributed by atoms with Crippen LogP contribution in [0.3, 0.4) is 0 Å². The second kappa shape index (κ2) is 66.3. The minimum atomic E-state index is -0.811. The summed E-state index contributed by atoms with van der Waals surface area (Å²) in [6, 6.07) is 0. The van der Waals surface area contributed by atoms with Crippen molar-refractivity contribution in [2.45, 2.75) is 309 Å². The van der Waals surface area contributed by atoms with Gasteiger partial charge < -0.3 is 14.2 Å². The van der Waals surface area contributed by atoms with Crippen LogP contribution in [0.15, 0.2) is 122 Å². The molecule has 0 rings (SSSR count). The number of ether oxygens (including phenoxy) is 3. The van der Waals surface area contributed by atoms with Crippen LogP contribution < -0.4 is 0 Å². The number of unbranched alkanes of at least 4 members (excludes halogenated alkanes) is 28. The van der Waals surface area contributed by atoms with E-state index in [0.29, 0.717) is 19.3 Å². The van der Waals surface area contributed by atoms with Crippen LogP contribution in [-0.2, 0) is 28.6 Å². The van der Waals surface area contributed by atoms with Gasteiger partial charge in [-0.15, -0.1) is 0 Å². The molecule has 0 saturated carbocycles. The highest BCUT2D eigenvalue weighted by atomic mass is 16.6. The molecule has 0 radical (unpaired) electrons. The summed E-state index contributed by atoms with van der Waals surface area (Å²) in [7, 11) is 0. The lowest BCUT2D eigenvalue weighted by Crippen LogP contribution is -2.30. The molecule has 0 aliphatic heterocycles. The summed E-state index contributed by atoms with van der Waals surface area (Å²) in [6.07, 6.45) is 92.4. The van der Waals surface area contributed by atoms with Gasteiger partial charge in [0.05, 0.1) is 0 Å². The second-order valence-electron chi connectivity index (χ2n) is 21.6. The molecule has 0 aliphatic rings. The maximum Gasteiger partial charge on any atom is 0.306 e. The van der Waals surface area contributed by atoms with Crippen molar-refractivity contribution in [2.75, 3.05) is 13.2 Å². The molecule has 0 aromatic rings. The predicted molar refractivity (Wildman–Crippen MR) is 343 cm³/mol. The largest absolute Gasteiger partial charge is 0.462 e. The van der Waals surface area contributed by atoms with Gasteiger partial charge in [-0.3, -0.25) is 14.4 Å². The fourth-order valence-electron chi connectivity index (χ4n) is 9.07. The number of carbonyl (C=O) groups is 3. The molecule has 0 aromatic carbocycles. The molecule has 0 spiro atoms. The van der Waals surface area contributed by atoms with Crippen LogP contribution in [0.5, 0.6) is 0 Å². The molecule has 450 valence electrons. The number of carbonyl (C=O) groups excluding carboxylic acids is 3. The van der Waals surface area contributed by atoms with E-state index in [0.717, 1.165) is 96.3 Å². The Morgan fingerprint density at radius 3 is 0.861 bits per heavy atom. The predicted octanol–water partition coefficient (Wildman–Crippen LogP) is 22.8. The Balaban J connectivity index is 4.26. The first-order chi connectivity index (χ1) is 39.0. The molecule has 0 heterocycles. The first kappa shape index (κ1) is 74.8. The van der Waals surface area contributed by atoms with Gasteiger partial charge in [0.25, 0.3) is 0 Å². The molecule has 0 fully saturated rings. The maximum absolute atomic E-state index is 12.9. The van der Waals surface area contributed by atoms with E-state index in [9.17, 15) is 14.4 Å². The summed E-state index contributed by atoms with van der Waals surface area (Å²) < 4.78 is 16.8. The van der Waals surface area contributed by atoms with Crippen LogP contribution in [0, 0.1) is 0 Å². The van der Waals surface area contributed by atoms with Crippen molar-refractivity contribution in [1.82, 2.24) is 0 Å². The molecule has 6 nitrogen and oxygen atoms in total. The summed E-state index contributed by atoms with van der Waals surface area (Å²) in [4.78, 5) is 38.3. The third kappa shape index (κ3) is 64.5. The van der Waals surface area contributed by atoms with E-state index in [-0.39, 0.29) is 37.5 Å². The molecule has 0 aliphatic carbocycles. The van der Waals surface area contributed by atoms with Crippen LogP contribution in [0.4, 0.5) is 0 Å². The standard InChI is InChI=1S/C73H122O6/c1-4-7-10-13-16-19-22-25-27-29-30-31-32-33-34-35-36-37-38-39-40-41-42-44-45-48-51-54-57-60-63-66-72(75)78-69-70(68-77-71(74)65-62-59-56-53-50-47-24-21-18-15-12-9-6-3)79-73(76)67-64-61-58-55-52-49-46-43-28-26-23-20-17-14-11-8-5-2/h7,9-10,12,16,18-19,21,25-28,30-31,33-34,47,50,56,59,70H,4-6,8,11,13-15,17,20,22-24,29,32,35-46,48-49,51-55,57-58,60-69H2,1-3H3/b10-7-,12-9-,19-16-,21-18-,27-25-,28-26-,31-30-,34-33-,50-47-,59-56-. The highest BCUT2D eigenvalue weighted by Gasteiger charge is 2.19. The van der Waals surface area contributed by atoms with E-state index in [4.69, 9.17) is 14.2 Å². The summed E-state index contributed by atoms with van der Waals surface area (Å²) in [5, 5.41) is 0. The zero-order valence-electron chi connectivity index (χ0n) is 51.6. The van der Waals surface area contributed by atoms with Crippen molar-refractivity contribution < 1.29 is 28.6 Å². The number of rotatable bonds is 59. The van der Waals surface area contributed by atoms with Gasteiger partial charge in [0.15, 0.2) is 6.10 Å².